The van der Waals surface area contributed by atoms with E-state index < -0.39 is 86.8 Å². The SMILES string of the molecule is CC/C=C\C/C=C\C/C=C\C/C=C\C/C=C\C/C=C\C/C=C\CCCCCCCCCCCC(=O)NC(COC1OC(CO)C(OC2OC(CO)C(O)C(O)C2O)C(O)C1O)C(O)/C=C/CC/C=C/CC/C=C/CCCCCCCCCCCCCCC. The van der Waals surface area contributed by atoms with Crippen molar-refractivity contribution in [3.8, 4) is 0 Å². The zero-order valence-corrected chi connectivity index (χ0v) is 54.7. The number of aliphatic hydroxyl groups excluding tert-OH is 8. The lowest BCUT2D eigenvalue weighted by atomic mass is 9.97. The van der Waals surface area contributed by atoms with Gasteiger partial charge in [-0.1, -0.05) is 257 Å². The molecule has 2 rings (SSSR count). The predicted molar refractivity (Wildman–Crippen MR) is 359 cm³/mol. The van der Waals surface area contributed by atoms with E-state index in [4.69, 9.17) is 18.9 Å². The summed E-state index contributed by atoms with van der Waals surface area (Å²) in [6, 6.07) is -0.951. The van der Waals surface area contributed by atoms with E-state index in [-0.39, 0.29) is 18.9 Å². The maximum absolute atomic E-state index is 13.3. The van der Waals surface area contributed by atoms with E-state index in [1.54, 1.807) is 6.08 Å². The molecule has 0 aromatic heterocycles. The highest BCUT2D eigenvalue weighted by Gasteiger charge is 2.51. The van der Waals surface area contributed by atoms with Crippen LogP contribution in [0.5, 0.6) is 0 Å². The Morgan fingerprint density at radius 3 is 1.25 bits per heavy atom. The summed E-state index contributed by atoms with van der Waals surface area (Å²) in [4.78, 5) is 13.3. The molecular weight excluding hydrogens is 1110 g/mol. The van der Waals surface area contributed by atoms with Crippen molar-refractivity contribution in [3.63, 3.8) is 0 Å². The fraction of sp³-hybridized carbons (Fsp3) is 0.716. The summed E-state index contributed by atoms with van der Waals surface area (Å²) in [7, 11) is 0. The highest BCUT2D eigenvalue weighted by Crippen LogP contribution is 2.30. The molecule has 9 N–H and O–H groups in total. The van der Waals surface area contributed by atoms with Gasteiger partial charge in [0.15, 0.2) is 12.6 Å². The van der Waals surface area contributed by atoms with Crippen molar-refractivity contribution in [1.29, 1.82) is 0 Å². The van der Waals surface area contributed by atoms with Gasteiger partial charge in [-0.3, -0.25) is 4.79 Å². The van der Waals surface area contributed by atoms with Gasteiger partial charge in [0.1, 0.15) is 48.8 Å². The molecule has 0 bridgehead atoms. The van der Waals surface area contributed by atoms with Crippen LogP contribution in [0.3, 0.4) is 0 Å². The zero-order valence-electron chi connectivity index (χ0n) is 54.7. The molecule has 504 valence electrons. The first-order chi connectivity index (χ1) is 43.1. The number of unbranched alkanes of at least 4 members (excludes halogenated alkanes) is 24. The van der Waals surface area contributed by atoms with Gasteiger partial charge < -0.3 is 65.1 Å². The molecule has 2 saturated heterocycles. The van der Waals surface area contributed by atoms with E-state index in [0.717, 1.165) is 103 Å². The van der Waals surface area contributed by atoms with Gasteiger partial charge in [-0.25, -0.2) is 0 Å². The molecule has 12 atom stereocenters. The Kier molecular flexibility index (Phi) is 52.4. The second kappa shape index (κ2) is 57.3. The Morgan fingerprint density at radius 2 is 0.795 bits per heavy atom. The summed E-state index contributed by atoms with van der Waals surface area (Å²) in [6.45, 7) is 2.66. The number of allylic oxidation sites excluding steroid dienone is 19. The number of nitrogens with one attached hydrogen (secondary N) is 1. The van der Waals surface area contributed by atoms with Crippen molar-refractivity contribution in [3.05, 3.63) is 122 Å². The summed E-state index contributed by atoms with van der Waals surface area (Å²) < 4.78 is 22.8. The first kappa shape index (κ1) is 80.5. The van der Waals surface area contributed by atoms with E-state index in [2.05, 4.69) is 129 Å². The van der Waals surface area contributed by atoms with E-state index in [1.807, 2.05) is 6.08 Å². The third kappa shape index (κ3) is 41.0. The summed E-state index contributed by atoms with van der Waals surface area (Å²) in [6.07, 6.45) is 66.7. The molecule has 14 nitrogen and oxygen atoms in total. The number of amides is 1. The minimum atomic E-state index is -1.80. The van der Waals surface area contributed by atoms with Crippen molar-refractivity contribution >= 4 is 5.91 Å². The van der Waals surface area contributed by atoms with Gasteiger partial charge >= 0.3 is 0 Å². The van der Waals surface area contributed by atoms with Crippen molar-refractivity contribution in [1.82, 2.24) is 5.32 Å². The Hall–Kier alpha value is -3.61. The van der Waals surface area contributed by atoms with Crippen LogP contribution in [0.2, 0.25) is 0 Å². The molecule has 2 aliphatic rings. The van der Waals surface area contributed by atoms with Gasteiger partial charge in [0.25, 0.3) is 0 Å². The van der Waals surface area contributed by atoms with Crippen molar-refractivity contribution in [2.45, 2.75) is 319 Å². The summed E-state index contributed by atoms with van der Waals surface area (Å²) in [5, 5.41) is 87.4. The molecule has 0 radical (unpaired) electrons. The standard InChI is InChI=1S/C74H125NO13/c1-3-5-7-9-11-13-15-17-19-21-23-25-27-28-29-30-31-32-33-34-36-38-40-42-44-46-48-50-52-54-56-58-66(79)75-62(61-85-73-71(84)69(82)72(65(60-77)87-73)88-74-70(83)68(81)67(80)64(59-76)86-74)63(78)57-55-53-51-49-47-45-43-41-39-37-35-26-24-22-20-18-16-14-12-10-8-6-4-2/h5,7,11,13,17,19,23,25,28-29,31-32,34,36,39,41,47,49,55,57,62-65,67-74,76-78,80-84H,3-4,6,8-10,12,14-16,18,20-22,24,26-27,30,33,35,37-38,40,42-46,48,50-54,56,58-61H2,1-2H3,(H,75,79)/b7-5-,13-11-,19-17-,25-23-,29-28-,32-31-,36-34-,41-39+,49-47+,57-55+. The Labute approximate surface area is 533 Å². The molecule has 0 aromatic rings. The van der Waals surface area contributed by atoms with Crippen molar-refractivity contribution < 1.29 is 64.6 Å². The van der Waals surface area contributed by atoms with Crippen LogP contribution in [0.4, 0.5) is 0 Å². The molecular formula is C74H125NO13. The highest BCUT2D eigenvalue weighted by molar-refractivity contribution is 5.76. The molecule has 88 heavy (non-hydrogen) atoms. The lowest BCUT2D eigenvalue weighted by Gasteiger charge is -2.46. The van der Waals surface area contributed by atoms with Crippen LogP contribution in [0.15, 0.2) is 122 Å². The molecule has 14 heteroatoms. The minimum absolute atomic E-state index is 0.255. The molecule has 2 fully saturated rings. The second-order valence-corrected chi connectivity index (χ2v) is 23.9. The van der Waals surface area contributed by atoms with Crippen LogP contribution in [-0.4, -0.2) is 140 Å². The highest BCUT2D eigenvalue weighted by atomic mass is 16.7. The van der Waals surface area contributed by atoms with E-state index in [0.29, 0.717) is 12.8 Å². The summed E-state index contributed by atoms with van der Waals surface area (Å²) in [5.74, 6) is -0.264. The average Bonchev–Trinajstić information content (AvgIpc) is 3.10. The van der Waals surface area contributed by atoms with Crippen LogP contribution in [0.1, 0.15) is 245 Å². The number of ether oxygens (including phenoxy) is 4. The van der Waals surface area contributed by atoms with Crippen LogP contribution >= 0.6 is 0 Å². The van der Waals surface area contributed by atoms with E-state index in [9.17, 15) is 45.6 Å². The van der Waals surface area contributed by atoms with Crippen LogP contribution in [0, 0.1) is 0 Å². The van der Waals surface area contributed by atoms with Crippen molar-refractivity contribution in [2.24, 2.45) is 0 Å². The molecule has 0 saturated carbocycles. The lowest BCUT2D eigenvalue weighted by Crippen LogP contribution is -2.65. The van der Waals surface area contributed by atoms with Gasteiger partial charge in [0.05, 0.1) is 32.0 Å². The number of rotatable bonds is 55. The molecule has 12 unspecified atom stereocenters. The molecule has 0 aromatic carbocycles. The predicted octanol–water partition coefficient (Wildman–Crippen LogP) is 14.1. The first-order valence-corrected chi connectivity index (χ1v) is 34.8. The Morgan fingerprint density at radius 1 is 0.420 bits per heavy atom. The van der Waals surface area contributed by atoms with Gasteiger partial charge in [-0.15, -0.1) is 0 Å². The van der Waals surface area contributed by atoms with Crippen molar-refractivity contribution in [2.75, 3.05) is 19.8 Å². The van der Waals surface area contributed by atoms with Gasteiger partial charge in [-0.2, -0.15) is 0 Å². The maximum Gasteiger partial charge on any atom is 0.220 e. The fourth-order valence-corrected chi connectivity index (χ4v) is 10.6. The normalized spacial score (nSPS) is 23.9. The fourth-order valence-electron chi connectivity index (χ4n) is 10.6. The van der Waals surface area contributed by atoms with Crippen LogP contribution in [0.25, 0.3) is 0 Å². The topological polar surface area (TPSA) is 228 Å². The summed E-state index contributed by atoms with van der Waals surface area (Å²) >= 11 is 0. The number of aliphatic hydroxyl groups is 8. The average molecular weight is 1240 g/mol. The lowest BCUT2D eigenvalue weighted by molar-refractivity contribution is -0.359. The number of hydrogen-bond acceptors (Lipinski definition) is 13. The molecule has 1 amide bonds. The maximum atomic E-state index is 13.3. The molecule has 0 aliphatic carbocycles. The monoisotopic (exact) mass is 1240 g/mol. The Bertz CT molecular complexity index is 1940. The second-order valence-electron chi connectivity index (χ2n) is 23.9. The number of carbonyl (C=O) groups excluding carboxylic acids is 1. The smallest absolute Gasteiger partial charge is 0.220 e. The first-order valence-electron chi connectivity index (χ1n) is 34.8. The zero-order chi connectivity index (χ0) is 63.8. The Balaban J connectivity index is 1.72. The number of hydrogen-bond donors (Lipinski definition) is 9. The molecule has 2 heterocycles. The van der Waals surface area contributed by atoms with Crippen LogP contribution in [-0.2, 0) is 23.7 Å². The quantitative estimate of drug-likeness (QED) is 0.0204. The van der Waals surface area contributed by atoms with Gasteiger partial charge in [-0.05, 0) is 103 Å². The van der Waals surface area contributed by atoms with Gasteiger partial charge in [0, 0.05) is 6.42 Å². The third-order valence-corrected chi connectivity index (χ3v) is 16.1. The number of carbonyl (C=O) groups is 1. The minimum Gasteiger partial charge on any atom is -0.394 e. The third-order valence-electron chi connectivity index (χ3n) is 16.1. The van der Waals surface area contributed by atoms with E-state index >= 15 is 0 Å². The van der Waals surface area contributed by atoms with Crippen LogP contribution < -0.4 is 5.32 Å². The van der Waals surface area contributed by atoms with E-state index in [1.165, 1.54) is 109 Å². The molecule has 2 aliphatic heterocycles. The van der Waals surface area contributed by atoms with Gasteiger partial charge in [0.2, 0.25) is 5.91 Å². The largest absolute Gasteiger partial charge is 0.394 e. The molecule has 0 spiro atoms. The summed E-state index contributed by atoms with van der Waals surface area (Å²) in [5.41, 5.74) is 0.